The standard InChI is InChI=1S/C25H23N3O2SSeSi.C19H17NOSeSi.C18H17NSeSi.C14H15NSi.C6H8N2O2S.C4H3ISe.C4H4Se/c1-26-23(29)17(24(30)27(2)25(26)31)15-16-13-14-22(32-16)28-18-9-5-7-11-20(18)33(3,4)21-12-8-6-10-19(21)28;1-23(2)17-9-5-3-7-15(17)20(16-8-4-6-10-18(16)23)19-12-11-14(13-21)22-19;1-21(2)16-10-5-3-8-14(16)19(18-12-7-13-20-18)15-9-4-6-11-17(15)21;1-16(2)13-9-5-3-7-11(13)15-12-8-4-6-10-14(12)16;1-7-4(9)3-5(10)8(2)6(7)11;5-4-2-1-3-6-4;1-2-4-5-3-1/h5-15H,1-4H3;3-13H,1-2H3;3-13H,1-2H3;3-10,15H,1-2H3;3H2,1-2H3;1-3H;1-4H. The van der Waals surface area contributed by atoms with Gasteiger partial charge in [-0.15, -0.1) is 0 Å². The van der Waals surface area contributed by atoms with Gasteiger partial charge in [0.25, 0.3) is 0 Å². The fraction of sp³-hybridized carbons (Fsp3) is 0.144. The Morgan fingerprint density at radius 1 is 0.357 bits per heavy atom. The fourth-order valence-corrected chi connectivity index (χ4v) is 35.7. The molecule has 5 aromatic heterocycles. The Hall–Kier alpha value is -7.98. The molecule has 13 nitrogen and oxygen atoms in total. The first-order valence-electron chi connectivity index (χ1n) is 37.3. The number of carbonyl (C=O) groups is 5. The van der Waals surface area contributed by atoms with Crippen molar-refractivity contribution >= 4 is 299 Å². The molecule has 0 atom stereocenters. The summed E-state index contributed by atoms with van der Waals surface area (Å²) in [5, 5.41) is 15.9. The molecule has 4 amide bonds. The number of para-hydroxylation sites is 8. The van der Waals surface area contributed by atoms with Crippen molar-refractivity contribution < 1.29 is 24.0 Å². The van der Waals surface area contributed by atoms with Gasteiger partial charge in [-0.2, -0.15) is 0 Å². The summed E-state index contributed by atoms with van der Waals surface area (Å²) in [6, 6.07) is 91.3. The van der Waals surface area contributed by atoms with Crippen molar-refractivity contribution in [1.82, 2.24) is 19.6 Å². The molecule has 1 N–H and O–H groups in total. The summed E-state index contributed by atoms with van der Waals surface area (Å²) < 4.78 is 7.26. The first kappa shape index (κ1) is 84.9. The number of halogens is 1. The number of aldehydes is 1. The van der Waals surface area contributed by atoms with Crippen LogP contribution in [0.15, 0.2) is 280 Å². The van der Waals surface area contributed by atoms with Gasteiger partial charge >= 0.3 is 575 Å². The van der Waals surface area contributed by atoms with Crippen molar-refractivity contribution in [2.24, 2.45) is 0 Å². The van der Waals surface area contributed by atoms with Crippen LogP contribution in [0.1, 0.15) is 20.1 Å². The van der Waals surface area contributed by atoms with E-state index in [1.165, 1.54) is 112 Å². The zero-order valence-corrected chi connectivity index (χ0v) is 82.2. The van der Waals surface area contributed by atoms with Gasteiger partial charge in [-0.05, 0) is 34.7 Å². The van der Waals surface area contributed by atoms with E-state index < -0.39 is 32.3 Å². The number of hydrogen-bond acceptors (Lipinski definition) is 11. The molecule has 2 fully saturated rings. The molecule has 0 saturated carbocycles. The average Bonchev–Trinajstić information content (AvgIpc) is 1.70. The Labute approximate surface area is 732 Å². The summed E-state index contributed by atoms with van der Waals surface area (Å²) in [7, 11) is -0.286. The fourth-order valence-electron chi connectivity index (χ4n) is 15.2. The first-order valence-corrected chi connectivity index (χ1v) is 60.3. The molecule has 0 bridgehead atoms. The maximum atomic E-state index is 12.7. The molecule has 19 rings (SSSR count). The Balaban J connectivity index is 0.000000125. The Kier molecular flexibility index (Phi) is 26.9. The van der Waals surface area contributed by atoms with Crippen LogP contribution in [0.25, 0.3) is 6.08 Å². The maximum absolute atomic E-state index is 12.7. The van der Waals surface area contributed by atoms with Gasteiger partial charge in [-0.3, -0.25) is 19.4 Å². The van der Waals surface area contributed by atoms with Crippen LogP contribution in [0.2, 0.25) is 52.4 Å². The summed E-state index contributed by atoms with van der Waals surface area (Å²) in [4.78, 5) is 79.9. The molecule has 0 aliphatic carbocycles. The molecular formula is C90H87IN8O5S2Se5Si4. The third-order valence-electron chi connectivity index (χ3n) is 21.4. The van der Waals surface area contributed by atoms with E-state index in [2.05, 4.69) is 357 Å². The Morgan fingerprint density at radius 2 is 0.678 bits per heavy atom. The van der Waals surface area contributed by atoms with Crippen molar-refractivity contribution in [3.63, 3.8) is 0 Å². The molecular weight excluding hydrogens is 1970 g/mol. The van der Waals surface area contributed by atoms with E-state index in [0.29, 0.717) is 43.5 Å². The number of fused-ring (bicyclic) bond motifs is 8. The predicted molar refractivity (Wildman–Crippen MR) is 511 cm³/mol. The topological polar surface area (TPSA) is 120 Å². The molecule has 6 aliphatic heterocycles. The van der Waals surface area contributed by atoms with Gasteiger partial charge in [-0.1, -0.05) is 49.5 Å². The van der Waals surface area contributed by atoms with Crippen LogP contribution in [0.4, 0.5) is 59.2 Å². The third kappa shape index (κ3) is 17.6. The third-order valence-corrected chi connectivity index (χ3v) is 47.0. The first-order chi connectivity index (χ1) is 55.2. The van der Waals surface area contributed by atoms with E-state index >= 15 is 0 Å². The van der Waals surface area contributed by atoms with E-state index in [4.69, 9.17) is 24.4 Å². The normalized spacial score (nSPS) is 15.7. The van der Waals surface area contributed by atoms with Crippen LogP contribution in [-0.2, 0) is 19.2 Å². The Morgan fingerprint density at radius 3 is 1.00 bits per heavy atom. The van der Waals surface area contributed by atoms with E-state index in [-0.39, 0.29) is 74.9 Å². The number of hydrogen-bond donors (Lipinski definition) is 1. The minimum absolute atomic E-state index is 0.0636. The van der Waals surface area contributed by atoms with E-state index in [9.17, 15) is 24.0 Å². The second-order valence-corrected chi connectivity index (χ2v) is 61.0. The van der Waals surface area contributed by atoms with Gasteiger partial charge < -0.3 is 5.32 Å². The molecule has 0 spiro atoms. The summed E-state index contributed by atoms with van der Waals surface area (Å²) in [6.45, 7) is 19.4. The molecule has 8 aromatic carbocycles. The minimum atomic E-state index is -1.82. The molecule has 582 valence electrons. The Bertz CT molecular complexity index is 5550. The van der Waals surface area contributed by atoms with Gasteiger partial charge in [0.05, 0.1) is 0 Å². The van der Waals surface area contributed by atoms with E-state index in [0.717, 1.165) is 15.2 Å². The van der Waals surface area contributed by atoms with Crippen molar-refractivity contribution in [1.29, 1.82) is 0 Å². The van der Waals surface area contributed by atoms with Gasteiger partial charge in [0.1, 0.15) is 14.5 Å². The predicted octanol–water partition coefficient (Wildman–Crippen LogP) is 13.7. The van der Waals surface area contributed by atoms with Crippen molar-refractivity contribution in [2.75, 3.05) is 48.2 Å². The van der Waals surface area contributed by atoms with Crippen LogP contribution in [-0.4, -0.2) is 193 Å². The molecule has 25 heteroatoms. The number of thiocarbonyl (C=S) groups is 2. The van der Waals surface area contributed by atoms with Crippen molar-refractivity contribution in [2.45, 2.75) is 58.8 Å². The second-order valence-electron chi connectivity index (χ2n) is 29.9. The van der Waals surface area contributed by atoms with Crippen molar-refractivity contribution in [3.05, 3.63) is 291 Å². The summed E-state index contributed by atoms with van der Waals surface area (Å²) >= 11 is 14.2. The van der Waals surface area contributed by atoms with Gasteiger partial charge in [0, 0.05) is 25.5 Å². The van der Waals surface area contributed by atoms with Crippen LogP contribution in [0, 0.1) is 2.44 Å². The molecule has 0 radical (unpaired) electrons. The zero-order chi connectivity index (χ0) is 81.7. The number of likely N-dealkylation sites (N-methyl/N-ethyl adjacent to an activating group) is 2. The monoisotopic (exact) mass is 2060 g/mol. The van der Waals surface area contributed by atoms with Gasteiger partial charge in [0.2, 0.25) is 11.8 Å². The van der Waals surface area contributed by atoms with Crippen LogP contribution >= 0.6 is 47.0 Å². The van der Waals surface area contributed by atoms with E-state index in [1.54, 1.807) is 44.6 Å². The van der Waals surface area contributed by atoms with Crippen LogP contribution < -0.4 is 61.5 Å². The summed E-state index contributed by atoms with van der Waals surface area (Å²) in [5.74, 6) is -1.18. The van der Waals surface area contributed by atoms with Crippen molar-refractivity contribution in [3.8, 4) is 0 Å². The number of benzene rings is 8. The average molecular weight is 2060 g/mol. The number of nitrogens with one attached hydrogen (secondary N) is 1. The number of carbonyl (C=O) groups excluding carboxylic acids is 5. The zero-order valence-electron chi connectivity index (χ0n) is 65.8. The molecule has 13 aromatic rings. The number of amides is 4. The van der Waals surface area contributed by atoms with Gasteiger partial charge in [0.15, 0.2) is 5.11 Å². The number of rotatable bonds is 5. The summed E-state index contributed by atoms with van der Waals surface area (Å²) in [6.07, 6.45) is 2.65. The summed E-state index contributed by atoms with van der Waals surface area (Å²) in [5.41, 5.74) is 10.6. The molecule has 0 unspecified atom stereocenters. The molecule has 2 saturated heterocycles. The number of nitrogens with zero attached hydrogens (tertiary/aromatic N) is 7. The second kappa shape index (κ2) is 36.5. The number of anilines is 11. The van der Waals surface area contributed by atoms with E-state index in [1.807, 2.05) is 12.1 Å². The molecule has 115 heavy (non-hydrogen) atoms. The van der Waals surface area contributed by atoms with Crippen LogP contribution in [0.3, 0.4) is 0 Å². The van der Waals surface area contributed by atoms with Gasteiger partial charge in [-0.25, -0.2) is 0 Å². The molecule has 6 aliphatic rings. The van der Waals surface area contributed by atoms with Crippen LogP contribution in [0.5, 0.6) is 0 Å². The molecule has 11 heterocycles. The SMILES string of the molecule is CN1C(=O)C(=Cc2ccc(N3c4ccccc4[Si](C)(C)c4ccccc43)[se]2)C(=O)N(C)C1=S.CN1C(=O)CC(=O)N(C)C1=S.C[Si]1(C)c2ccccc2N(c2ccc(C=O)[se]2)c2ccccc21.C[Si]1(C)c2ccccc2N(c2ccc[se]2)c2ccccc21.C[Si]1(C)c2ccccc2Nc2ccccc21.Ic1ccc[se]1.c1cc[se]c1. The quantitative estimate of drug-likeness (QED) is 0.0337.